The van der Waals surface area contributed by atoms with Crippen LogP contribution >= 0.6 is 0 Å². The largest absolute Gasteiger partial charge is 0.394 e. The van der Waals surface area contributed by atoms with Crippen LogP contribution in [0.1, 0.15) is 13.3 Å². The van der Waals surface area contributed by atoms with Crippen molar-refractivity contribution in [2.75, 3.05) is 13.2 Å². The molecule has 1 rings (SSSR count). The number of nitrogens with one attached hydrogen (secondary N) is 1. The topological polar surface area (TPSA) is 99.0 Å². The summed E-state index contributed by atoms with van der Waals surface area (Å²) in [7, 11) is 0. The van der Waals surface area contributed by atoms with Gasteiger partial charge >= 0.3 is 0 Å². The van der Waals surface area contributed by atoms with Crippen LogP contribution in [0.4, 0.5) is 0 Å². The molecule has 0 radical (unpaired) electrons. The van der Waals surface area contributed by atoms with E-state index >= 15 is 0 Å². The summed E-state index contributed by atoms with van der Waals surface area (Å²) in [6.45, 7) is 0.818. The van der Waals surface area contributed by atoms with Gasteiger partial charge in [-0.25, -0.2) is 0 Å². The molecule has 1 heterocycles. The number of amides is 1. The van der Waals surface area contributed by atoms with E-state index in [1.54, 1.807) is 0 Å². The van der Waals surface area contributed by atoms with Gasteiger partial charge in [-0.2, -0.15) is 0 Å². The summed E-state index contributed by atoms with van der Waals surface area (Å²) in [5, 5.41) is 30.1. The highest BCUT2D eigenvalue weighted by Crippen LogP contribution is 2.20. The van der Waals surface area contributed by atoms with Crippen LogP contribution in [-0.2, 0) is 9.53 Å². The number of rotatable bonds is 3. The monoisotopic (exact) mass is 219 g/mol. The second-order valence-corrected chi connectivity index (χ2v) is 3.69. The maximum Gasteiger partial charge on any atom is 0.217 e. The van der Waals surface area contributed by atoms with Crippen LogP contribution < -0.4 is 5.32 Å². The lowest BCUT2D eigenvalue weighted by molar-refractivity contribution is -0.150. The number of aliphatic hydroxyl groups is 3. The quantitative estimate of drug-likeness (QED) is 0.440. The van der Waals surface area contributed by atoms with Gasteiger partial charge in [-0.1, -0.05) is 0 Å². The summed E-state index contributed by atoms with van der Waals surface area (Å²) in [6, 6.07) is -0.615. The molecule has 2 unspecified atom stereocenters. The molecule has 15 heavy (non-hydrogen) atoms. The average molecular weight is 219 g/mol. The molecule has 0 aromatic heterocycles. The van der Waals surface area contributed by atoms with Gasteiger partial charge in [0.2, 0.25) is 5.91 Å². The van der Waals surface area contributed by atoms with E-state index in [0.717, 1.165) is 0 Å². The highest BCUT2D eigenvalue weighted by molar-refractivity contribution is 5.73. The molecule has 88 valence electrons. The van der Waals surface area contributed by atoms with Gasteiger partial charge < -0.3 is 25.4 Å². The minimum absolute atomic E-state index is 0.208. The highest BCUT2D eigenvalue weighted by Gasteiger charge is 2.37. The summed E-state index contributed by atoms with van der Waals surface area (Å²) < 4.78 is 5.29. The first-order valence-electron chi connectivity index (χ1n) is 4.90. The van der Waals surface area contributed by atoms with E-state index in [1.807, 2.05) is 0 Å². The van der Waals surface area contributed by atoms with Crippen LogP contribution in [0.5, 0.6) is 0 Å². The second kappa shape index (κ2) is 5.41. The van der Waals surface area contributed by atoms with E-state index in [2.05, 4.69) is 5.32 Å². The zero-order chi connectivity index (χ0) is 11.4. The Morgan fingerprint density at radius 3 is 2.60 bits per heavy atom. The van der Waals surface area contributed by atoms with Crippen LogP contribution in [0.3, 0.4) is 0 Å². The molecule has 0 aromatic carbocycles. The molecule has 0 spiro atoms. The number of ether oxygens (including phenoxy) is 1. The van der Waals surface area contributed by atoms with Crippen molar-refractivity contribution < 1.29 is 24.9 Å². The average Bonchev–Trinajstić information content (AvgIpc) is 2.20. The molecular weight excluding hydrogens is 202 g/mol. The summed E-state index contributed by atoms with van der Waals surface area (Å²) in [4.78, 5) is 10.9. The van der Waals surface area contributed by atoms with E-state index in [4.69, 9.17) is 14.9 Å². The molecule has 4 atom stereocenters. The van der Waals surface area contributed by atoms with E-state index in [0.29, 0.717) is 0 Å². The van der Waals surface area contributed by atoms with Crippen LogP contribution in [0.15, 0.2) is 0 Å². The minimum atomic E-state index is -0.808. The standard InChI is InChI=1S/C9H17NO5/c1-5(13)10-9-7(14)2-6(3-11)15-8(9)4-12/h6-9,11-12,14H,2-4H2,1H3,(H,10,13)/t6?,7-,8+,9?/m1/s1. The molecule has 0 saturated carbocycles. The molecule has 1 aliphatic heterocycles. The smallest absolute Gasteiger partial charge is 0.217 e. The van der Waals surface area contributed by atoms with Crippen molar-refractivity contribution >= 4 is 5.91 Å². The normalized spacial score (nSPS) is 36.3. The third-order valence-corrected chi connectivity index (χ3v) is 2.44. The maximum absolute atomic E-state index is 10.9. The molecule has 0 bridgehead atoms. The Kier molecular flexibility index (Phi) is 4.46. The molecule has 4 N–H and O–H groups in total. The number of hydrogen-bond acceptors (Lipinski definition) is 5. The SMILES string of the molecule is CC(=O)NC1[C@H](O)CC(CO)O[C@H]1CO. The predicted octanol–water partition coefficient (Wildman–Crippen LogP) is -2.01. The van der Waals surface area contributed by atoms with Crippen molar-refractivity contribution in [3.05, 3.63) is 0 Å². The van der Waals surface area contributed by atoms with Gasteiger partial charge in [-0.3, -0.25) is 4.79 Å². The van der Waals surface area contributed by atoms with Crippen molar-refractivity contribution in [2.45, 2.75) is 37.7 Å². The summed E-state index contributed by atoms with van der Waals surface area (Å²) in [6.07, 6.45) is -1.72. The lowest BCUT2D eigenvalue weighted by Gasteiger charge is -2.38. The number of hydrogen-bond donors (Lipinski definition) is 4. The van der Waals surface area contributed by atoms with Crippen molar-refractivity contribution in [3.63, 3.8) is 0 Å². The van der Waals surface area contributed by atoms with E-state index in [9.17, 15) is 9.90 Å². The van der Waals surface area contributed by atoms with Crippen molar-refractivity contribution in [1.82, 2.24) is 5.32 Å². The minimum Gasteiger partial charge on any atom is -0.394 e. The fourth-order valence-electron chi connectivity index (χ4n) is 1.75. The third kappa shape index (κ3) is 3.13. The highest BCUT2D eigenvalue weighted by atomic mass is 16.5. The molecule has 6 nitrogen and oxygen atoms in total. The first-order valence-corrected chi connectivity index (χ1v) is 4.90. The summed E-state index contributed by atoms with van der Waals surface area (Å²) in [5.41, 5.74) is 0. The Morgan fingerprint density at radius 2 is 2.13 bits per heavy atom. The first kappa shape index (κ1) is 12.4. The Hall–Kier alpha value is -0.690. The zero-order valence-electron chi connectivity index (χ0n) is 8.59. The van der Waals surface area contributed by atoms with Crippen LogP contribution in [0.25, 0.3) is 0 Å². The Bertz CT molecular complexity index is 223. The molecule has 1 fully saturated rings. The van der Waals surface area contributed by atoms with Gasteiger partial charge in [-0.15, -0.1) is 0 Å². The lowest BCUT2D eigenvalue weighted by Crippen LogP contribution is -2.58. The first-order chi connectivity index (χ1) is 7.08. The van der Waals surface area contributed by atoms with E-state index < -0.39 is 24.4 Å². The van der Waals surface area contributed by atoms with Crippen molar-refractivity contribution in [3.8, 4) is 0 Å². The molecule has 1 saturated heterocycles. The number of carbonyl (C=O) groups excluding carboxylic acids is 1. The fraction of sp³-hybridized carbons (Fsp3) is 0.889. The van der Waals surface area contributed by atoms with E-state index in [-0.39, 0.29) is 25.5 Å². The van der Waals surface area contributed by atoms with Gasteiger partial charge in [0.15, 0.2) is 0 Å². The van der Waals surface area contributed by atoms with Gasteiger partial charge in [0.1, 0.15) is 6.10 Å². The Labute approximate surface area is 87.9 Å². The molecule has 0 aliphatic carbocycles. The number of aliphatic hydroxyl groups excluding tert-OH is 3. The molecular formula is C9H17NO5. The maximum atomic E-state index is 10.9. The Morgan fingerprint density at radius 1 is 1.47 bits per heavy atom. The Balaban J connectivity index is 2.64. The zero-order valence-corrected chi connectivity index (χ0v) is 8.59. The van der Waals surface area contributed by atoms with Crippen LogP contribution in [-0.4, -0.2) is 58.8 Å². The molecule has 1 aliphatic rings. The molecule has 6 heteroatoms. The van der Waals surface area contributed by atoms with Gasteiger partial charge in [0.25, 0.3) is 0 Å². The summed E-state index contributed by atoms with van der Waals surface area (Å²) >= 11 is 0. The third-order valence-electron chi connectivity index (χ3n) is 2.44. The second-order valence-electron chi connectivity index (χ2n) is 3.69. The fourth-order valence-corrected chi connectivity index (χ4v) is 1.75. The predicted molar refractivity (Wildman–Crippen MR) is 51.1 cm³/mol. The van der Waals surface area contributed by atoms with Crippen molar-refractivity contribution in [2.24, 2.45) is 0 Å². The van der Waals surface area contributed by atoms with Crippen LogP contribution in [0, 0.1) is 0 Å². The van der Waals surface area contributed by atoms with E-state index in [1.165, 1.54) is 6.92 Å². The van der Waals surface area contributed by atoms with Crippen LogP contribution in [0.2, 0.25) is 0 Å². The van der Waals surface area contributed by atoms with Crippen molar-refractivity contribution in [1.29, 1.82) is 0 Å². The molecule has 0 aromatic rings. The van der Waals surface area contributed by atoms with Gasteiger partial charge in [0, 0.05) is 13.3 Å². The summed E-state index contributed by atoms with van der Waals surface area (Å²) in [5.74, 6) is -0.288. The number of carbonyl (C=O) groups is 1. The van der Waals surface area contributed by atoms with Gasteiger partial charge in [0.05, 0.1) is 31.5 Å². The molecule has 1 amide bonds. The van der Waals surface area contributed by atoms with Gasteiger partial charge in [-0.05, 0) is 0 Å². The lowest BCUT2D eigenvalue weighted by atomic mass is 9.95.